The van der Waals surface area contributed by atoms with Crippen LogP contribution in [0.15, 0.2) is 65.1 Å². The second-order valence-corrected chi connectivity index (χ2v) is 7.12. The molecular formula is C18H14BrIO. The summed E-state index contributed by atoms with van der Waals surface area (Å²) in [5.74, 6) is 0. The molecule has 1 N–H and O–H groups in total. The molecule has 3 rings (SSSR count). The lowest BCUT2D eigenvalue weighted by molar-refractivity contribution is 0.178. The number of hydrogen-bond donors (Lipinski definition) is 1. The van der Waals surface area contributed by atoms with Crippen molar-refractivity contribution >= 4 is 49.3 Å². The zero-order valence-corrected chi connectivity index (χ0v) is 15.0. The van der Waals surface area contributed by atoms with Gasteiger partial charge in [0.2, 0.25) is 0 Å². The molecule has 21 heavy (non-hydrogen) atoms. The summed E-state index contributed by atoms with van der Waals surface area (Å²) >= 11 is 5.80. The van der Waals surface area contributed by atoms with Crippen LogP contribution in [0.5, 0.6) is 0 Å². The lowest BCUT2D eigenvalue weighted by Gasteiger charge is -2.15. The highest BCUT2D eigenvalue weighted by Gasteiger charge is 2.14. The van der Waals surface area contributed by atoms with Crippen LogP contribution in [0.3, 0.4) is 0 Å². The molecule has 0 spiro atoms. The van der Waals surface area contributed by atoms with E-state index < -0.39 is 6.10 Å². The lowest BCUT2D eigenvalue weighted by Crippen LogP contribution is -2.03. The summed E-state index contributed by atoms with van der Waals surface area (Å²) < 4.78 is 2.08. The van der Waals surface area contributed by atoms with Crippen LogP contribution in [0.25, 0.3) is 10.8 Å². The van der Waals surface area contributed by atoms with E-state index in [9.17, 15) is 5.11 Å². The average molecular weight is 453 g/mol. The molecule has 0 heterocycles. The van der Waals surface area contributed by atoms with E-state index in [1.165, 1.54) is 16.3 Å². The van der Waals surface area contributed by atoms with Gasteiger partial charge in [0.1, 0.15) is 0 Å². The van der Waals surface area contributed by atoms with Crippen LogP contribution in [-0.2, 0) is 6.42 Å². The van der Waals surface area contributed by atoms with Gasteiger partial charge in [-0.25, -0.2) is 0 Å². The number of halogens is 2. The number of rotatable bonds is 3. The van der Waals surface area contributed by atoms with Crippen molar-refractivity contribution in [2.75, 3.05) is 0 Å². The Morgan fingerprint density at radius 2 is 1.76 bits per heavy atom. The quantitative estimate of drug-likeness (QED) is 0.521. The maximum Gasteiger partial charge on any atom is 0.0841 e. The molecule has 0 fully saturated rings. The summed E-state index contributed by atoms with van der Waals surface area (Å²) in [4.78, 5) is 0. The number of aliphatic hydroxyl groups excluding tert-OH is 1. The molecule has 0 aliphatic carbocycles. The van der Waals surface area contributed by atoms with Gasteiger partial charge in [0.05, 0.1) is 6.10 Å². The second kappa shape index (κ2) is 6.46. The normalized spacial score (nSPS) is 12.5. The summed E-state index contributed by atoms with van der Waals surface area (Å²) in [5.41, 5.74) is 2.11. The van der Waals surface area contributed by atoms with Gasteiger partial charge in [-0.1, -0.05) is 58.4 Å². The van der Waals surface area contributed by atoms with Crippen LogP contribution in [-0.4, -0.2) is 5.11 Å². The molecule has 1 unspecified atom stereocenters. The molecule has 0 aliphatic heterocycles. The van der Waals surface area contributed by atoms with Crippen molar-refractivity contribution < 1.29 is 5.11 Å². The third-order valence-corrected chi connectivity index (χ3v) is 5.00. The number of hydrogen-bond acceptors (Lipinski definition) is 1. The first-order chi connectivity index (χ1) is 10.1. The fraction of sp³-hybridized carbons (Fsp3) is 0.111. The van der Waals surface area contributed by atoms with Crippen LogP contribution in [0.2, 0.25) is 0 Å². The Balaban J connectivity index is 1.96. The minimum Gasteiger partial charge on any atom is -0.388 e. The minimum absolute atomic E-state index is 0.514. The molecule has 3 aromatic carbocycles. The highest BCUT2D eigenvalue weighted by molar-refractivity contribution is 14.1. The Kier molecular flexibility index (Phi) is 4.62. The van der Waals surface area contributed by atoms with Crippen molar-refractivity contribution in [3.05, 3.63) is 79.8 Å². The van der Waals surface area contributed by atoms with E-state index in [4.69, 9.17) is 0 Å². The van der Waals surface area contributed by atoms with Gasteiger partial charge < -0.3 is 5.11 Å². The first kappa shape index (κ1) is 15.0. The van der Waals surface area contributed by atoms with Crippen molar-refractivity contribution in [2.45, 2.75) is 12.5 Å². The Labute approximate surface area is 146 Å². The predicted octanol–water partition coefficient (Wildman–Crippen LogP) is 5.48. The monoisotopic (exact) mass is 452 g/mol. The molecule has 0 bridgehead atoms. The van der Waals surface area contributed by atoms with E-state index in [-0.39, 0.29) is 0 Å². The molecule has 0 aliphatic rings. The van der Waals surface area contributed by atoms with Crippen molar-refractivity contribution in [3.8, 4) is 0 Å². The fourth-order valence-electron chi connectivity index (χ4n) is 2.56. The van der Waals surface area contributed by atoms with Crippen LogP contribution >= 0.6 is 38.5 Å². The van der Waals surface area contributed by atoms with E-state index >= 15 is 0 Å². The average Bonchev–Trinajstić information content (AvgIpc) is 2.50. The third-order valence-electron chi connectivity index (χ3n) is 3.61. The molecule has 3 heteroatoms. The highest BCUT2D eigenvalue weighted by Crippen LogP contribution is 2.29. The van der Waals surface area contributed by atoms with Gasteiger partial charge in [-0.05, 0) is 62.7 Å². The van der Waals surface area contributed by atoms with Gasteiger partial charge in [0.25, 0.3) is 0 Å². The van der Waals surface area contributed by atoms with Crippen molar-refractivity contribution in [1.82, 2.24) is 0 Å². The topological polar surface area (TPSA) is 20.2 Å². The standard InChI is InChI=1S/C18H14BrIO/c19-17-9-8-14(20)11-16(17)18(21)10-13-6-3-5-12-4-1-2-7-15(12)13/h1-9,11,18,21H,10H2. The summed E-state index contributed by atoms with van der Waals surface area (Å²) in [7, 11) is 0. The Bertz CT molecular complexity index is 780. The van der Waals surface area contributed by atoms with E-state index in [0.29, 0.717) is 6.42 Å². The van der Waals surface area contributed by atoms with E-state index in [1.54, 1.807) is 0 Å². The number of fused-ring (bicyclic) bond motifs is 1. The van der Waals surface area contributed by atoms with Crippen LogP contribution in [0.1, 0.15) is 17.2 Å². The van der Waals surface area contributed by atoms with Gasteiger partial charge >= 0.3 is 0 Å². The van der Waals surface area contributed by atoms with Crippen molar-refractivity contribution in [3.63, 3.8) is 0 Å². The van der Waals surface area contributed by atoms with E-state index in [1.807, 2.05) is 36.4 Å². The zero-order chi connectivity index (χ0) is 14.8. The Morgan fingerprint density at radius 1 is 1.00 bits per heavy atom. The molecule has 1 atom stereocenters. The van der Waals surface area contributed by atoms with Gasteiger partial charge in [-0.2, -0.15) is 0 Å². The minimum atomic E-state index is -0.514. The molecule has 1 nitrogen and oxygen atoms in total. The van der Waals surface area contributed by atoms with Crippen LogP contribution in [0.4, 0.5) is 0 Å². The second-order valence-electron chi connectivity index (χ2n) is 5.02. The van der Waals surface area contributed by atoms with Crippen LogP contribution < -0.4 is 0 Å². The third kappa shape index (κ3) is 3.30. The van der Waals surface area contributed by atoms with Crippen molar-refractivity contribution in [2.24, 2.45) is 0 Å². The molecule has 0 amide bonds. The van der Waals surface area contributed by atoms with Gasteiger partial charge in [-0.15, -0.1) is 0 Å². The highest BCUT2D eigenvalue weighted by atomic mass is 127. The summed E-state index contributed by atoms with van der Waals surface area (Å²) in [6.45, 7) is 0. The smallest absolute Gasteiger partial charge is 0.0841 e. The summed E-state index contributed by atoms with van der Waals surface area (Å²) in [6.07, 6.45) is 0.0972. The number of aliphatic hydroxyl groups is 1. The maximum absolute atomic E-state index is 10.6. The zero-order valence-electron chi connectivity index (χ0n) is 11.3. The SMILES string of the molecule is OC(Cc1cccc2ccccc12)c1cc(I)ccc1Br. The summed E-state index contributed by atoms with van der Waals surface area (Å²) in [6, 6.07) is 20.6. The van der Waals surface area contributed by atoms with E-state index in [2.05, 4.69) is 62.8 Å². The van der Waals surface area contributed by atoms with Gasteiger partial charge in [0, 0.05) is 14.5 Å². The van der Waals surface area contributed by atoms with E-state index in [0.717, 1.165) is 13.6 Å². The summed E-state index contributed by atoms with van der Waals surface area (Å²) in [5, 5.41) is 13.0. The first-order valence-corrected chi connectivity index (χ1v) is 8.62. The molecular weight excluding hydrogens is 439 g/mol. The fourth-order valence-corrected chi connectivity index (χ4v) is 3.58. The molecule has 0 saturated heterocycles. The Hall–Kier alpha value is -0.910. The molecule has 0 radical (unpaired) electrons. The lowest BCUT2D eigenvalue weighted by atomic mass is 9.97. The first-order valence-electron chi connectivity index (χ1n) is 6.75. The van der Waals surface area contributed by atoms with Crippen molar-refractivity contribution in [1.29, 1.82) is 0 Å². The predicted molar refractivity (Wildman–Crippen MR) is 99.5 cm³/mol. The largest absolute Gasteiger partial charge is 0.388 e. The Morgan fingerprint density at radius 3 is 2.62 bits per heavy atom. The number of benzene rings is 3. The van der Waals surface area contributed by atoms with Gasteiger partial charge in [0.15, 0.2) is 0 Å². The molecule has 106 valence electrons. The molecule has 0 saturated carbocycles. The molecule has 0 aromatic heterocycles. The molecule has 3 aromatic rings. The maximum atomic E-state index is 10.6. The van der Waals surface area contributed by atoms with Gasteiger partial charge in [-0.3, -0.25) is 0 Å². The van der Waals surface area contributed by atoms with Crippen LogP contribution in [0, 0.1) is 3.57 Å².